The fourth-order valence-corrected chi connectivity index (χ4v) is 1.76. The number of anilines is 1. The summed E-state index contributed by atoms with van der Waals surface area (Å²) < 4.78 is 5.20. The molecule has 21 heavy (non-hydrogen) atoms. The number of rotatable bonds is 7. The van der Waals surface area contributed by atoms with Crippen LogP contribution in [0.3, 0.4) is 0 Å². The van der Waals surface area contributed by atoms with Gasteiger partial charge in [-0.25, -0.2) is 4.79 Å². The van der Waals surface area contributed by atoms with Crippen molar-refractivity contribution in [2.24, 2.45) is 5.73 Å². The Morgan fingerprint density at radius 3 is 2.43 bits per heavy atom. The van der Waals surface area contributed by atoms with Crippen molar-refractivity contribution in [3.63, 3.8) is 0 Å². The van der Waals surface area contributed by atoms with E-state index in [1.165, 1.54) is 5.56 Å². The highest BCUT2D eigenvalue weighted by atomic mass is 16.6. The van der Waals surface area contributed by atoms with Crippen molar-refractivity contribution in [1.29, 1.82) is 0 Å². The Bertz CT molecular complexity index is 424. The maximum Gasteiger partial charge on any atom is 0.412 e. The van der Waals surface area contributed by atoms with Crippen molar-refractivity contribution in [3.05, 3.63) is 29.8 Å². The molecule has 0 radical (unpaired) electrons. The lowest BCUT2D eigenvalue weighted by atomic mass is 10.1. The second kappa shape index (κ2) is 8.64. The SMILES string of the molecule is CC(C)(C)OC(=O)Nc1ccc(CCNCCCN)cc1. The number of nitrogens with two attached hydrogens (primary N) is 1. The highest BCUT2D eigenvalue weighted by Gasteiger charge is 2.15. The van der Waals surface area contributed by atoms with Crippen molar-refractivity contribution >= 4 is 11.8 Å². The van der Waals surface area contributed by atoms with Crippen LogP contribution in [-0.2, 0) is 11.2 Å². The van der Waals surface area contributed by atoms with Gasteiger partial charge in [0.05, 0.1) is 0 Å². The van der Waals surface area contributed by atoms with Crippen LogP contribution in [0.5, 0.6) is 0 Å². The number of ether oxygens (including phenoxy) is 1. The molecule has 5 heteroatoms. The minimum Gasteiger partial charge on any atom is -0.444 e. The fourth-order valence-electron chi connectivity index (χ4n) is 1.76. The summed E-state index contributed by atoms with van der Waals surface area (Å²) in [5, 5.41) is 6.06. The van der Waals surface area contributed by atoms with E-state index in [-0.39, 0.29) is 0 Å². The third kappa shape index (κ3) is 8.32. The predicted octanol–water partition coefficient (Wildman–Crippen LogP) is 2.51. The van der Waals surface area contributed by atoms with Gasteiger partial charge in [0.15, 0.2) is 0 Å². The molecule has 0 aliphatic heterocycles. The highest BCUT2D eigenvalue weighted by Crippen LogP contribution is 2.13. The summed E-state index contributed by atoms with van der Waals surface area (Å²) in [6.07, 6.45) is 1.52. The first-order valence-corrected chi connectivity index (χ1v) is 7.40. The van der Waals surface area contributed by atoms with Gasteiger partial charge in [-0.3, -0.25) is 5.32 Å². The molecule has 0 aromatic heterocycles. The first-order valence-electron chi connectivity index (χ1n) is 7.40. The number of carbonyl (C=O) groups is 1. The Hall–Kier alpha value is -1.59. The van der Waals surface area contributed by atoms with Gasteiger partial charge >= 0.3 is 6.09 Å². The molecule has 0 fully saturated rings. The normalized spacial score (nSPS) is 11.2. The number of hydrogen-bond acceptors (Lipinski definition) is 4. The summed E-state index contributed by atoms with van der Waals surface area (Å²) in [6, 6.07) is 7.80. The Labute approximate surface area is 127 Å². The topological polar surface area (TPSA) is 76.4 Å². The van der Waals surface area contributed by atoms with E-state index >= 15 is 0 Å². The standard InChI is InChI=1S/C16H27N3O2/c1-16(2,3)21-15(20)19-14-7-5-13(6-8-14)9-12-18-11-4-10-17/h5-8,18H,4,9-12,17H2,1-3H3,(H,19,20). The molecule has 0 bridgehead atoms. The predicted molar refractivity (Wildman–Crippen MR) is 86.5 cm³/mol. The second-order valence-corrected chi connectivity index (χ2v) is 5.97. The number of hydrogen-bond donors (Lipinski definition) is 3. The molecule has 118 valence electrons. The molecule has 4 N–H and O–H groups in total. The molecule has 0 atom stereocenters. The zero-order valence-corrected chi connectivity index (χ0v) is 13.2. The van der Waals surface area contributed by atoms with Crippen LogP contribution in [0.25, 0.3) is 0 Å². The van der Waals surface area contributed by atoms with Gasteiger partial charge in [-0.1, -0.05) is 12.1 Å². The van der Waals surface area contributed by atoms with Gasteiger partial charge in [0, 0.05) is 5.69 Å². The lowest BCUT2D eigenvalue weighted by Crippen LogP contribution is -2.27. The Kier molecular flexibility index (Phi) is 7.19. The number of nitrogens with one attached hydrogen (secondary N) is 2. The van der Waals surface area contributed by atoms with Crippen LogP contribution in [-0.4, -0.2) is 31.3 Å². The molecule has 0 aliphatic rings. The summed E-state index contributed by atoms with van der Waals surface area (Å²) in [5.74, 6) is 0. The van der Waals surface area contributed by atoms with Crippen LogP contribution < -0.4 is 16.4 Å². The molecular weight excluding hydrogens is 266 g/mol. The molecular formula is C16H27N3O2. The highest BCUT2D eigenvalue weighted by molar-refractivity contribution is 5.84. The summed E-state index contributed by atoms with van der Waals surface area (Å²) >= 11 is 0. The van der Waals surface area contributed by atoms with Crippen molar-refractivity contribution in [1.82, 2.24) is 5.32 Å². The maximum absolute atomic E-state index is 11.6. The van der Waals surface area contributed by atoms with Crippen LogP contribution in [0, 0.1) is 0 Å². The van der Waals surface area contributed by atoms with Crippen molar-refractivity contribution in [2.45, 2.75) is 39.2 Å². The third-order valence-electron chi connectivity index (χ3n) is 2.75. The number of carbonyl (C=O) groups excluding carboxylic acids is 1. The van der Waals surface area contributed by atoms with E-state index in [2.05, 4.69) is 10.6 Å². The van der Waals surface area contributed by atoms with Gasteiger partial charge in [-0.15, -0.1) is 0 Å². The van der Waals surface area contributed by atoms with Gasteiger partial charge in [-0.05, 0) is 70.9 Å². The monoisotopic (exact) mass is 293 g/mol. The van der Waals surface area contributed by atoms with Crippen LogP contribution in [0.15, 0.2) is 24.3 Å². The molecule has 0 unspecified atom stereocenters. The van der Waals surface area contributed by atoms with Crippen LogP contribution in [0.4, 0.5) is 10.5 Å². The van der Waals surface area contributed by atoms with Gasteiger partial charge in [-0.2, -0.15) is 0 Å². The molecule has 0 spiro atoms. The lowest BCUT2D eigenvalue weighted by Gasteiger charge is -2.19. The molecule has 1 amide bonds. The van der Waals surface area contributed by atoms with Crippen LogP contribution in [0.1, 0.15) is 32.8 Å². The average Bonchev–Trinajstić information content (AvgIpc) is 2.38. The fraction of sp³-hybridized carbons (Fsp3) is 0.562. The minimum atomic E-state index is -0.487. The van der Waals surface area contributed by atoms with Crippen LogP contribution in [0.2, 0.25) is 0 Å². The van der Waals surface area contributed by atoms with Gasteiger partial charge < -0.3 is 15.8 Å². The third-order valence-corrected chi connectivity index (χ3v) is 2.75. The van der Waals surface area contributed by atoms with E-state index in [1.54, 1.807) is 0 Å². The summed E-state index contributed by atoms with van der Waals surface area (Å²) in [7, 11) is 0. The molecule has 1 rings (SSSR count). The molecule has 5 nitrogen and oxygen atoms in total. The smallest absolute Gasteiger partial charge is 0.412 e. The summed E-state index contributed by atoms with van der Waals surface area (Å²) in [6.45, 7) is 8.12. The zero-order chi connectivity index (χ0) is 15.7. The number of benzene rings is 1. The maximum atomic E-state index is 11.6. The second-order valence-electron chi connectivity index (χ2n) is 5.97. The van der Waals surface area contributed by atoms with Crippen molar-refractivity contribution < 1.29 is 9.53 Å². The Morgan fingerprint density at radius 1 is 1.19 bits per heavy atom. The molecule has 1 aromatic carbocycles. The minimum absolute atomic E-state index is 0.432. The summed E-state index contributed by atoms with van der Waals surface area (Å²) in [4.78, 5) is 11.6. The molecule has 0 saturated carbocycles. The van der Waals surface area contributed by atoms with Crippen molar-refractivity contribution in [2.75, 3.05) is 25.0 Å². The lowest BCUT2D eigenvalue weighted by molar-refractivity contribution is 0.0636. The first kappa shape index (κ1) is 17.5. The Balaban J connectivity index is 2.35. The largest absolute Gasteiger partial charge is 0.444 e. The van der Waals surface area contributed by atoms with Gasteiger partial charge in [0.1, 0.15) is 5.60 Å². The van der Waals surface area contributed by atoms with E-state index in [4.69, 9.17) is 10.5 Å². The van der Waals surface area contributed by atoms with E-state index in [9.17, 15) is 4.79 Å². The van der Waals surface area contributed by atoms with E-state index < -0.39 is 11.7 Å². The molecule has 0 heterocycles. The number of amides is 1. The molecule has 0 saturated heterocycles. The van der Waals surface area contributed by atoms with Gasteiger partial charge in [0.25, 0.3) is 0 Å². The Morgan fingerprint density at radius 2 is 1.86 bits per heavy atom. The molecule has 1 aromatic rings. The molecule has 0 aliphatic carbocycles. The average molecular weight is 293 g/mol. The quantitative estimate of drug-likeness (QED) is 0.675. The van der Waals surface area contributed by atoms with Crippen molar-refractivity contribution in [3.8, 4) is 0 Å². The van der Waals surface area contributed by atoms with E-state index in [0.717, 1.165) is 38.2 Å². The first-order chi connectivity index (χ1) is 9.90. The van der Waals surface area contributed by atoms with Crippen LogP contribution >= 0.6 is 0 Å². The summed E-state index contributed by atoms with van der Waals surface area (Å²) in [5.41, 5.74) is 6.91. The zero-order valence-electron chi connectivity index (χ0n) is 13.2. The van der Waals surface area contributed by atoms with Gasteiger partial charge in [0.2, 0.25) is 0 Å². The van der Waals surface area contributed by atoms with E-state index in [0.29, 0.717) is 0 Å². The van der Waals surface area contributed by atoms with E-state index in [1.807, 2.05) is 45.0 Å².